The largest absolute Gasteiger partial charge is 0.481 e. The third-order valence-electron chi connectivity index (χ3n) is 5.42. The summed E-state index contributed by atoms with van der Waals surface area (Å²) in [6.07, 6.45) is 6.72. The average molecular weight is 412 g/mol. The van der Waals surface area contributed by atoms with E-state index in [1.165, 1.54) is 0 Å². The van der Waals surface area contributed by atoms with E-state index in [0.717, 1.165) is 37.9 Å². The van der Waals surface area contributed by atoms with Crippen molar-refractivity contribution in [3.8, 4) is 11.8 Å². The number of carboxylic acid groups (broad SMARTS) is 1. The lowest BCUT2D eigenvalue weighted by molar-refractivity contribution is -0.141. The predicted molar refractivity (Wildman–Crippen MR) is 112 cm³/mol. The van der Waals surface area contributed by atoms with Gasteiger partial charge < -0.3 is 20.2 Å². The molecule has 1 aromatic heterocycles. The third-order valence-corrected chi connectivity index (χ3v) is 5.42. The molecule has 0 radical (unpaired) electrons. The van der Waals surface area contributed by atoms with Crippen molar-refractivity contribution in [2.45, 2.75) is 51.1 Å². The second-order valence-electron chi connectivity index (χ2n) is 7.80. The molecular formula is C22H28N4O4. The molecule has 160 valence electrons. The Morgan fingerprint density at radius 1 is 1.30 bits per heavy atom. The van der Waals surface area contributed by atoms with Crippen LogP contribution in [0.4, 0.5) is 5.69 Å². The summed E-state index contributed by atoms with van der Waals surface area (Å²) in [5, 5.41) is 11.6. The lowest BCUT2D eigenvalue weighted by atomic mass is 9.96. The normalized spacial score (nSPS) is 19.2. The van der Waals surface area contributed by atoms with Crippen molar-refractivity contribution in [3.05, 3.63) is 24.5 Å². The zero-order valence-electron chi connectivity index (χ0n) is 17.2. The van der Waals surface area contributed by atoms with Crippen LogP contribution in [0.5, 0.6) is 0 Å². The highest BCUT2D eigenvalue weighted by atomic mass is 16.4. The highest BCUT2D eigenvalue weighted by Gasteiger charge is 2.38. The lowest BCUT2D eigenvalue weighted by Crippen LogP contribution is -2.50. The van der Waals surface area contributed by atoms with Gasteiger partial charge in [0.15, 0.2) is 0 Å². The minimum Gasteiger partial charge on any atom is -0.481 e. The van der Waals surface area contributed by atoms with Gasteiger partial charge in [0.05, 0.1) is 18.9 Å². The maximum atomic E-state index is 13.3. The molecule has 2 unspecified atom stereocenters. The molecule has 8 heteroatoms. The molecule has 0 bridgehead atoms. The second kappa shape index (κ2) is 10.1. The van der Waals surface area contributed by atoms with E-state index in [-0.39, 0.29) is 36.7 Å². The number of rotatable bonds is 8. The standard InChI is InChI=1S/C22H28N4O4/c1-2-4-17(13-21(28)29)24-20(27)15-26(19-6-7-19)22(30)16-5-3-12-25(14-16)18-8-10-23-11-9-18/h8-11,16-17,19H,3,5-7,12-15H2,1H3,(H,24,27)(H,28,29). The molecule has 3 rings (SSSR count). The Bertz CT molecular complexity index is 829. The zero-order valence-corrected chi connectivity index (χ0v) is 17.2. The van der Waals surface area contributed by atoms with Crippen LogP contribution < -0.4 is 10.2 Å². The van der Waals surface area contributed by atoms with E-state index in [4.69, 9.17) is 5.11 Å². The minimum atomic E-state index is -1.03. The predicted octanol–water partition coefficient (Wildman–Crippen LogP) is 1.27. The van der Waals surface area contributed by atoms with Crippen LogP contribution in [0, 0.1) is 17.8 Å². The Morgan fingerprint density at radius 3 is 2.67 bits per heavy atom. The third kappa shape index (κ3) is 5.96. The number of carbonyl (C=O) groups is 3. The van der Waals surface area contributed by atoms with Crippen LogP contribution in [0.3, 0.4) is 0 Å². The van der Waals surface area contributed by atoms with Crippen LogP contribution in [0.2, 0.25) is 0 Å². The van der Waals surface area contributed by atoms with Crippen molar-refractivity contribution in [1.82, 2.24) is 15.2 Å². The van der Waals surface area contributed by atoms with E-state index < -0.39 is 12.0 Å². The molecule has 2 aliphatic rings. The number of aromatic nitrogens is 1. The van der Waals surface area contributed by atoms with Gasteiger partial charge >= 0.3 is 5.97 Å². The van der Waals surface area contributed by atoms with E-state index in [0.29, 0.717) is 6.54 Å². The zero-order chi connectivity index (χ0) is 21.5. The van der Waals surface area contributed by atoms with Gasteiger partial charge in [-0.25, -0.2) is 0 Å². The summed E-state index contributed by atoms with van der Waals surface area (Å²) in [6, 6.07) is 3.22. The first-order valence-electron chi connectivity index (χ1n) is 10.4. The maximum absolute atomic E-state index is 13.3. The van der Waals surface area contributed by atoms with E-state index in [9.17, 15) is 14.4 Å². The number of amides is 2. The Labute approximate surface area is 176 Å². The van der Waals surface area contributed by atoms with E-state index in [1.54, 1.807) is 24.2 Å². The molecule has 1 aromatic rings. The van der Waals surface area contributed by atoms with E-state index in [2.05, 4.69) is 27.0 Å². The Kier molecular flexibility index (Phi) is 7.28. The van der Waals surface area contributed by atoms with Crippen molar-refractivity contribution in [1.29, 1.82) is 0 Å². The Balaban J connectivity index is 1.62. The molecule has 2 amide bonds. The summed E-state index contributed by atoms with van der Waals surface area (Å²) >= 11 is 0. The monoisotopic (exact) mass is 412 g/mol. The molecule has 30 heavy (non-hydrogen) atoms. The van der Waals surface area contributed by atoms with Crippen molar-refractivity contribution >= 4 is 23.5 Å². The highest BCUT2D eigenvalue weighted by Crippen LogP contribution is 2.31. The van der Waals surface area contributed by atoms with Gasteiger partial charge in [-0.05, 0) is 44.7 Å². The van der Waals surface area contributed by atoms with E-state index in [1.807, 2.05) is 12.1 Å². The summed E-state index contributed by atoms with van der Waals surface area (Å²) in [6.45, 7) is 3.05. The number of aliphatic carboxylic acids is 1. The van der Waals surface area contributed by atoms with E-state index >= 15 is 0 Å². The topological polar surface area (TPSA) is 103 Å². The molecule has 1 aliphatic carbocycles. The van der Waals surface area contributed by atoms with Crippen LogP contribution in [-0.4, -0.2) is 64.5 Å². The number of carbonyl (C=O) groups excluding carboxylic acids is 2. The van der Waals surface area contributed by atoms with Crippen LogP contribution in [0.1, 0.15) is 39.0 Å². The molecule has 1 saturated carbocycles. The number of hydrogen-bond donors (Lipinski definition) is 2. The van der Waals surface area contributed by atoms with Crippen molar-refractivity contribution in [2.24, 2.45) is 5.92 Å². The van der Waals surface area contributed by atoms with Gasteiger partial charge in [-0.3, -0.25) is 19.4 Å². The van der Waals surface area contributed by atoms with Gasteiger partial charge in [0.25, 0.3) is 0 Å². The van der Waals surface area contributed by atoms with Gasteiger partial charge in [-0.1, -0.05) is 5.92 Å². The fourth-order valence-electron chi connectivity index (χ4n) is 3.86. The fraction of sp³-hybridized carbons (Fsp3) is 0.545. The summed E-state index contributed by atoms with van der Waals surface area (Å²) in [5.41, 5.74) is 1.05. The average Bonchev–Trinajstić information content (AvgIpc) is 3.57. The molecule has 2 fully saturated rings. The maximum Gasteiger partial charge on any atom is 0.306 e. The van der Waals surface area contributed by atoms with Gasteiger partial charge in [0.1, 0.15) is 6.04 Å². The molecular weight excluding hydrogens is 384 g/mol. The molecule has 2 N–H and O–H groups in total. The number of pyridine rings is 1. The molecule has 0 aromatic carbocycles. The summed E-state index contributed by atoms with van der Waals surface area (Å²) < 4.78 is 0. The number of hydrogen-bond acceptors (Lipinski definition) is 5. The lowest BCUT2D eigenvalue weighted by Gasteiger charge is -2.36. The van der Waals surface area contributed by atoms with Gasteiger partial charge in [0, 0.05) is 37.2 Å². The quantitative estimate of drug-likeness (QED) is 0.624. The summed E-state index contributed by atoms with van der Waals surface area (Å²) in [7, 11) is 0. The number of nitrogens with zero attached hydrogens (tertiary/aromatic N) is 3. The first kappa shape index (κ1) is 21.6. The summed E-state index contributed by atoms with van der Waals surface area (Å²) in [5.74, 6) is 3.79. The number of piperidine rings is 1. The van der Waals surface area contributed by atoms with Gasteiger partial charge in [0.2, 0.25) is 11.8 Å². The highest BCUT2D eigenvalue weighted by molar-refractivity contribution is 5.87. The Hall–Kier alpha value is -3.08. The first-order chi connectivity index (χ1) is 14.5. The molecule has 2 atom stereocenters. The smallest absolute Gasteiger partial charge is 0.306 e. The van der Waals surface area contributed by atoms with Crippen LogP contribution in [-0.2, 0) is 14.4 Å². The molecule has 2 heterocycles. The van der Waals surface area contributed by atoms with Crippen molar-refractivity contribution < 1.29 is 19.5 Å². The minimum absolute atomic E-state index is 0.00256. The number of nitrogens with one attached hydrogen (secondary N) is 1. The number of anilines is 1. The van der Waals surface area contributed by atoms with Crippen molar-refractivity contribution in [3.63, 3.8) is 0 Å². The molecule has 1 saturated heterocycles. The van der Waals surface area contributed by atoms with Crippen LogP contribution >= 0.6 is 0 Å². The van der Waals surface area contributed by atoms with Crippen molar-refractivity contribution in [2.75, 3.05) is 24.5 Å². The fourth-order valence-corrected chi connectivity index (χ4v) is 3.86. The Morgan fingerprint density at radius 2 is 2.03 bits per heavy atom. The first-order valence-corrected chi connectivity index (χ1v) is 10.4. The van der Waals surface area contributed by atoms with Gasteiger partial charge in [-0.2, -0.15) is 0 Å². The SMILES string of the molecule is CC#CC(CC(=O)O)NC(=O)CN(C(=O)C1CCCN(c2ccncc2)C1)C1CC1. The van der Waals surface area contributed by atoms with Crippen LogP contribution in [0.25, 0.3) is 0 Å². The van der Waals surface area contributed by atoms with Crippen LogP contribution in [0.15, 0.2) is 24.5 Å². The molecule has 8 nitrogen and oxygen atoms in total. The molecule has 1 aliphatic heterocycles. The second-order valence-corrected chi connectivity index (χ2v) is 7.80. The number of carboxylic acids is 1. The summed E-state index contributed by atoms with van der Waals surface area (Å²) in [4.78, 5) is 44.7. The van der Waals surface area contributed by atoms with Gasteiger partial charge in [-0.15, -0.1) is 5.92 Å². The molecule has 0 spiro atoms.